The van der Waals surface area contributed by atoms with Gasteiger partial charge in [0.25, 0.3) is 0 Å². The Kier molecular flexibility index (Phi) is 6.31. The largest absolute Gasteiger partial charge is 0.481 e. The number of nitrogens with zero attached hydrogens (tertiary/aromatic N) is 2. The molecule has 4 rings (SSSR count). The molecule has 0 unspecified atom stereocenters. The molecule has 10 nitrogen and oxygen atoms in total. The summed E-state index contributed by atoms with van der Waals surface area (Å²) in [6.07, 6.45) is -6.48. The van der Waals surface area contributed by atoms with Crippen molar-refractivity contribution in [2.75, 3.05) is 6.61 Å². The molecule has 0 aliphatic carbocycles. The third kappa shape index (κ3) is 4.40. The summed E-state index contributed by atoms with van der Waals surface area (Å²) >= 11 is 0. The highest BCUT2D eigenvalue weighted by Gasteiger charge is 2.43. The van der Waals surface area contributed by atoms with Crippen LogP contribution in [0.25, 0.3) is 22.6 Å². The van der Waals surface area contributed by atoms with Crippen LogP contribution in [0.5, 0.6) is 0 Å². The van der Waals surface area contributed by atoms with Gasteiger partial charge in [0, 0.05) is 5.56 Å². The fourth-order valence-electron chi connectivity index (χ4n) is 3.65. The van der Waals surface area contributed by atoms with Crippen molar-refractivity contribution in [1.82, 2.24) is 10.2 Å². The molecule has 10 heteroatoms. The second-order valence-corrected chi connectivity index (χ2v) is 7.52. The zero-order valence-corrected chi connectivity index (χ0v) is 16.8. The number of ether oxygens (including phenoxy) is 1. The SMILES string of the molecule is O=C(O)Cc1nnc(-c2ccc(-c3cccc([C@H]4O[C@H](CO)[C@@H](O)[C@H](O)[C@@H]4O)c3)cc2)o1. The van der Waals surface area contributed by atoms with E-state index >= 15 is 0 Å². The van der Waals surface area contributed by atoms with Crippen molar-refractivity contribution >= 4 is 5.97 Å². The molecule has 5 N–H and O–H groups in total. The number of aromatic nitrogens is 2. The van der Waals surface area contributed by atoms with E-state index in [1.165, 1.54) is 0 Å². The molecule has 2 heterocycles. The third-order valence-corrected chi connectivity index (χ3v) is 5.34. The summed E-state index contributed by atoms with van der Waals surface area (Å²) in [4.78, 5) is 10.8. The number of benzene rings is 2. The van der Waals surface area contributed by atoms with Gasteiger partial charge in [0.2, 0.25) is 11.8 Å². The minimum Gasteiger partial charge on any atom is -0.481 e. The van der Waals surface area contributed by atoms with Gasteiger partial charge in [-0.2, -0.15) is 0 Å². The number of rotatable bonds is 6. The summed E-state index contributed by atoms with van der Waals surface area (Å²) in [5.74, 6) is -0.832. The highest BCUT2D eigenvalue weighted by molar-refractivity contribution is 5.69. The van der Waals surface area contributed by atoms with Gasteiger partial charge in [0.05, 0.1) is 6.61 Å². The lowest BCUT2D eigenvalue weighted by Crippen LogP contribution is -2.55. The molecular formula is C22H22N2O8. The topological polar surface area (TPSA) is 166 Å². The van der Waals surface area contributed by atoms with Crippen LogP contribution < -0.4 is 0 Å². The summed E-state index contributed by atoms with van der Waals surface area (Å²) in [5.41, 5.74) is 2.86. The normalized spacial score (nSPS) is 25.6. The molecule has 1 saturated heterocycles. The van der Waals surface area contributed by atoms with Crippen molar-refractivity contribution < 1.29 is 39.5 Å². The molecule has 1 aliphatic heterocycles. The number of carboxylic acids is 1. The first-order chi connectivity index (χ1) is 15.4. The average Bonchev–Trinajstić information content (AvgIpc) is 3.26. The highest BCUT2D eigenvalue weighted by Crippen LogP contribution is 2.34. The molecule has 32 heavy (non-hydrogen) atoms. The summed E-state index contributed by atoms with van der Waals surface area (Å²) in [7, 11) is 0. The van der Waals surface area contributed by atoms with Crippen molar-refractivity contribution in [3.05, 3.63) is 60.0 Å². The molecule has 5 atom stereocenters. The summed E-state index contributed by atoms with van der Waals surface area (Å²) in [6, 6.07) is 14.3. The quantitative estimate of drug-likeness (QED) is 0.364. The Labute approximate surface area is 182 Å². The average molecular weight is 442 g/mol. The Hall–Kier alpha value is -3.15. The minimum absolute atomic E-state index is 0.0174. The molecule has 1 fully saturated rings. The molecule has 0 amide bonds. The minimum atomic E-state index is -1.45. The first kappa shape index (κ1) is 22.1. The van der Waals surface area contributed by atoms with Crippen LogP contribution >= 0.6 is 0 Å². The molecule has 0 bridgehead atoms. The van der Waals surface area contributed by atoms with E-state index in [0.29, 0.717) is 11.1 Å². The van der Waals surface area contributed by atoms with Crippen LogP contribution in [0.4, 0.5) is 0 Å². The van der Waals surface area contributed by atoms with E-state index < -0.39 is 43.1 Å². The van der Waals surface area contributed by atoms with Gasteiger partial charge in [0.1, 0.15) is 36.9 Å². The highest BCUT2D eigenvalue weighted by atomic mass is 16.5. The van der Waals surface area contributed by atoms with E-state index in [9.17, 15) is 25.2 Å². The number of carbonyl (C=O) groups is 1. The zero-order valence-electron chi connectivity index (χ0n) is 16.8. The van der Waals surface area contributed by atoms with Gasteiger partial charge < -0.3 is 34.7 Å². The Morgan fingerprint density at radius 2 is 1.62 bits per heavy atom. The summed E-state index contributed by atoms with van der Waals surface area (Å²) in [6.45, 7) is -0.494. The number of aliphatic carboxylic acids is 1. The Bertz CT molecular complexity index is 1080. The second-order valence-electron chi connectivity index (χ2n) is 7.52. The van der Waals surface area contributed by atoms with E-state index in [4.69, 9.17) is 14.3 Å². The standard InChI is InChI=1S/C22H22N2O8/c25-10-15-18(28)19(29)20(30)21(31-15)14-3-1-2-13(8-14)11-4-6-12(7-5-11)22-24-23-16(32-22)9-17(26)27/h1-8,15,18-21,25,28-30H,9-10H2,(H,26,27)/t15-,18-,19+,20+,21-/m1/s1. The number of hydrogen-bond donors (Lipinski definition) is 5. The van der Waals surface area contributed by atoms with Gasteiger partial charge in [0.15, 0.2) is 0 Å². The molecular weight excluding hydrogens is 420 g/mol. The van der Waals surface area contributed by atoms with Gasteiger partial charge in [-0.15, -0.1) is 10.2 Å². The number of hydrogen-bond acceptors (Lipinski definition) is 9. The predicted molar refractivity (Wildman–Crippen MR) is 109 cm³/mol. The van der Waals surface area contributed by atoms with Crippen molar-refractivity contribution in [1.29, 1.82) is 0 Å². The molecule has 0 spiro atoms. The van der Waals surface area contributed by atoms with Crippen LogP contribution in [0.3, 0.4) is 0 Å². The molecule has 0 radical (unpaired) electrons. The molecule has 1 aliphatic rings. The van der Waals surface area contributed by atoms with Crippen LogP contribution in [-0.2, 0) is 16.0 Å². The maximum absolute atomic E-state index is 10.8. The van der Waals surface area contributed by atoms with Crippen molar-refractivity contribution in [2.45, 2.75) is 36.9 Å². The molecule has 0 saturated carbocycles. The number of carboxylic acid groups (broad SMARTS) is 1. The van der Waals surface area contributed by atoms with Crippen LogP contribution in [0.1, 0.15) is 17.6 Å². The summed E-state index contributed by atoms with van der Waals surface area (Å²) < 4.78 is 11.0. The number of aliphatic hydroxyl groups is 4. The van der Waals surface area contributed by atoms with E-state index in [2.05, 4.69) is 10.2 Å². The Balaban J connectivity index is 1.56. The van der Waals surface area contributed by atoms with E-state index in [-0.39, 0.29) is 18.2 Å². The van der Waals surface area contributed by atoms with Gasteiger partial charge in [-0.3, -0.25) is 4.79 Å². The molecule has 1 aromatic heterocycles. The van der Waals surface area contributed by atoms with Crippen LogP contribution in [0.15, 0.2) is 52.9 Å². The third-order valence-electron chi connectivity index (χ3n) is 5.34. The summed E-state index contributed by atoms with van der Waals surface area (Å²) in [5, 5.41) is 56.2. The molecule has 2 aromatic carbocycles. The monoisotopic (exact) mass is 442 g/mol. The maximum atomic E-state index is 10.8. The lowest BCUT2D eigenvalue weighted by atomic mass is 9.90. The molecule has 168 valence electrons. The van der Waals surface area contributed by atoms with Crippen molar-refractivity contribution in [3.63, 3.8) is 0 Å². The number of aliphatic hydroxyl groups excluding tert-OH is 4. The second kappa shape index (κ2) is 9.15. The van der Waals surface area contributed by atoms with Gasteiger partial charge in [-0.05, 0) is 34.9 Å². The van der Waals surface area contributed by atoms with Crippen LogP contribution in [-0.4, -0.2) is 72.7 Å². The maximum Gasteiger partial charge on any atom is 0.312 e. The van der Waals surface area contributed by atoms with Gasteiger partial charge in [-0.1, -0.05) is 30.3 Å². The lowest BCUT2D eigenvalue weighted by Gasteiger charge is -2.40. The van der Waals surface area contributed by atoms with Crippen molar-refractivity contribution in [2.24, 2.45) is 0 Å². The van der Waals surface area contributed by atoms with E-state index in [1.807, 2.05) is 18.2 Å². The van der Waals surface area contributed by atoms with Crippen LogP contribution in [0, 0.1) is 0 Å². The fraction of sp³-hybridized carbons (Fsp3) is 0.318. The van der Waals surface area contributed by atoms with E-state index in [1.54, 1.807) is 30.3 Å². The first-order valence-corrected chi connectivity index (χ1v) is 9.93. The van der Waals surface area contributed by atoms with Gasteiger partial charge >= 0.3 is 5.97 Å². The predicted octanol–water partition coefficient (Wildman–Crippen LogP) is 0.546. The van der Waals surface area contributed by atoms with Crippen LogP contribution in [0.2, 0.25) is 0 Å². The van der Waals surface area contributed by atoms with E-state index in [0.717, 1.165) is 11.1 Å². The Morgan fingerprint density at radius 3 is 2.31 bits per heavy atom. The fourth-order valence-corrected chi connectivity index (χ4v) is 3.65. The lowest BCUT2D eigenvalue weighted by molar-refractivity contribution is -0.231. The zero-order chi connectivity index (χ0) is 22.8. The van der Waals surface area contributed by atoms with Gasteiger partial charge in [-0.25, -0.2) is 0 Å². The molecule has 3 aromatic rings. The van der Waals surface area contributed by atoms with Crippen molar-refractivity contribution in [3.8, 4) is 22.6 Å². The first-order valence-electron chi connectivity index (χ1n) is 9.93. The smallest absolute Gasteiger partial charge is 0.312 e. The Morgan fingerprint density at radius 1 is 0.906 bits per heavy atom.